The van der Waals surface area contributed by atoms with Crippen LogP contribution >= 0.6 is 0 Å². The standard InChI is InChI=1S/C24H44N2O4S/c25-17-1-5-19(6-2-17)29-21-9-13-23(14-10-21)31(27,28)24-15-11-22(12-16-24)30-20-7-3-18(26)4-8-20/h17-24H,1-16,25-26H2. The van der Waals surface area contributed by atoms with Gasteiger partial charge in [0.1, 0.15) is 0 Å². The van der Waals surface area contributed by atoms with E-state index in [1.807, 2.05) is 0 Å². The van der Waals surface area contributed by atoms with Crippen molar-refractivity contribution in [3.8, 4) is 0 Å². The van der Waals surface area contributed by atoms with Crippen LogP contribution in [-0.2, 0) is 19.3 Å². The highest BCUT2D eigenvalue weighted by atomic mass is 32.2. The van der Waals surface area contributed by atoms with Crippen LogP contribution in [0.25, 0.3) is 0 Å². The van der Waals surface area contributed by atoms with Gasteiger partial charge in [-0.3, -0.25) is 0 Å². The van der Waals surface area contributed by atoms with Gasteiger partial charge in [-0.05, 0) is 103 Å². The van der Waals surface area contributed by atoms with Crippen molar-refractivity contribution < 1.29 is 17.9 Å². The van der Waals surface area contributed by atoms with Crippen molar-refractivity contribution in [1.82, 2.24) is 0 Å². The zero-order valence-corrected chi connectivity index (χ0v) is 19.9. The summed E-state index contributed by atoms with van der Waals surface area (Å²) in [6.45, 7) is 0. The summed E-state index contributed by atoms with van der Waals surface area (Å²) in [5.41, 5.74) is 12.0. The summed E-state index contributed by atoms with van der Waals surface area (Å²) >= 11 is 0. The van der Waals surface area contributed by atoms with Crippen LogP contribution in [0.3, 0.4) is 0 Å². The molecule has 0 aromatic rings. The highest BCUT2D eigenvalue weighted by Crippen LogP contribution is 2.36. The van der Waals surface area contributed by atoms with E-state index in [0.717, 1.165) is 103 Å². The van der Waals surface area contributed by atoms with Gasteiger partial charge in [0.15, 0.2) is 9.84 Å². The fourth-order valence-electron chi connectivity index (χ4n) is 6.26. The smallest absolute Gasteiger partial charge is 0.156 e. The second-order valence-electron chi connectivity index (χ2n) is 10.7. The fourth-order valence-corrected chi connectivity index (χ4v) is 8.66. The maximum absolute atomic E-state index is 13.3. The highest BCUT2D eigenvalue weighted by molar-refractivity contribution is 7.92. The molecule has 7 heteroatoms. The van der Waals surface area contributed by atoms with Crippen molar-refractivity contribution in [3.63, 3.8) is 0 Å². The third-order valence-electron chi connectivity index (χ3n) is 8.38. The van der Waals surface area contributed by atoms with Crippen LogP contribution in [0.5, 0.6) is 0 Å². The number of ether oxygens (including phenoxy) is 2. The van der Waals surface area contributed by atoms with Crippen LogP contribution in [0, 0.1) is 0 Å². The summed E-state index contributed by atoms with van der Waals surface area (Å²) in [7, 11) is -3.06. The average molecular weight is 457 g/mol. The first kappa shape index (κ1) is 23.9. The normalized spacial score (nSPS) is 42.9. The van der Waals surface area contributed by atoms with Crippen LogP contribution in [-0.4, -0.2) is 55.4 Å². The molecular weight excluding hydrogens is 412 g/mol. The summed E-state index contributed by atoms with van der Waals surface area (Å²) in [5.74, 6) is 0. The molecular formula is C24H44N2O4S. The van der Waals surface area contributed by atoms with Gasteiger partial charge in [-0.2, -0.15) is 0 Å². The summed E-state index contributed by atoms with van der Waals surface area (Å²) < 4.78 is 39.2. The molecule has 0 bridgehead atoms. The zero-order chi connectivity index (χ0) is 21.8. The average Bonchev–Trinajstić information content (AvgIpc) is 2.78. The Hall–Kier alpha value is -0.210. The predicted octanol–water partition coefficient (Wildman–Crippen LogP) is 3.60. The molecule has 180 valence electrons. The van der Waals surface area contributed by atoms with E-state index in [0.29, 0.717) is 24.3 Å². The van der Waals surface area contributed by atoms with E-state index in [-0.39, 0.29) is 22.7 Å². The SMILES string of the molecule is NC1CCC(OC2CCC(S(=O)(=O)C3CCC(OC4CCC(N)CC4)CC3)CC2)CC1. The molecule has 4 aliphatic rings. The van der Waals surface area contributed by atoms with Crippen LogP contribution in [0.1, 0.15) is 103 Å². The Labute approximate surface area is 189 Å². The molecule has 4 rings (SSSR count). The number of hydrogen-bond donors (Lipinski definition) is 2. The topological polar surface area (TPSA) is 105 Å². The first-order chi connectivity index (χ1) is 14.9. The summed E-state index contributed by atoms with van der Waals surface area (Å²) in [5, 5.41) is -0.344. The first-order valence-corrected chi connectivity index (χ1v) is 14.6. The minimum Gasteiger partial charge on any atom is -0.375 e. The third-order valence-corrected chi connectivity index (χ3v) is 11.2. The molecule has 4 fully saturated rings. The number of sulfone groups is 1. The third kappa shape index (κ3) is 6.44. The van der Waals surface area contributed by atoms with Crippen molar-refractivity contribution in [1.29, 1.82) is 0 Å². The van der Waals surface area contributed by atoms with Crippen LogP contribution in [0.4, 0.5) is 0 Å². The van der Waals surface area contributed by atoms with Crippen LogP contribution in [0.2, 0.25) is 0 Å². The molecule has 0 radical (unpaired) electrons. The Bertz CT molecular complexity index is 590. The molecule has 4 N–H and O–H groups in total. The van der Waals surface area contributed by atoms with E-state index in [9.17, 15) is 8.42 Å². The van der Waals surface area contributed by atoms with Gasteiger partial charge in [-0.15, -0.1) is 0 Å². The van der Waals surface area contributed by atoms with Gasteiger partial charge in [0.25, 0.3) is 0 Å². The van der Waals surface area contributed by atoms with E-state index in [1.54, 1.807) is 0 Å². The molecule has 0 aliphatic heterocycles. The molecule has 0 aromatic heterocycles. The minimum absolute atomic E-state index is 0.172. The molecule has 0 atom stereocenters. The minimum atomic E-state index is -3.06. The Kier molecular flexibility index (Phi) is 8.35. The molecule has 4 saturated carbocycles. The van der Waals surface area contributed by atoms with Gasteiger partial charge < -0.3 is 20.9 Å². The molecule has 0 saturated heterocycles. The van der Waals surface area contributed by atoms with Crippen molar-refractivity contribution in [2.45, 2.75) is 150 Å². The highest BCUT2D eigenvalue weighted by Gasteiger charge is 2.39. The Morgan fingerprint density at radius 1 is 0.452 bits per heavy atom. The Morgan fingerprint density at radius 3 is 1.00 bits per heavy atom. The molecule has 0 heterocycles. The quantitative estimate of drug-likeness (QED) is 0.633. The van der Waals surface area contributed by atoms with Gasteiger partial charge >= 0.3 is 0 Å². The molecule has 0 spiro atoms. The predicted molar refractivity (Wildman–Crippen MR) is 124 cm³/mol. The van der Waals surface area contributed by atoms with E-state index in [4.69, 9.17) is 20.9 Å². The number of rotatable bonds is 6. The lowest BCUT2D eigenvalue weighted by Crippen LogP contribution is -2.41. The monoisotopic (exact) mass is 456 g/mol. The Balaban J connectivity index is 1.18. The maximum Gasteiger partial charge on any atom is 0.156 e. The summed E-state index contributed by atoms with van der Waals surface area (Å²) in [6.07, 6.45) is 16.1. The first-order valence-electron chi connectivity index (χ1n) is 12.9. The van der Waals surface area contributed by atoms with Crippen molar-refractivity contribution in [3.05, 3.63) is 0 Å². The van der Waals surface area contributed by atoms with E-state index in [1.165, 1.54) is 0 Å². The van der Waals surface area contributed by atoms with Gasteiger partial charge in [0, 0.05) is 12.1 Å². The van der Waals surface area contributed by atoms with E-state index in [2.05, 4.69) is 0 Å². The van der Waals surface area contributed by atoms with Gasteiger partial charge in [-0.25, -0.2) is 8.42 Å². The number of hydrogen-bond acceptors (Lipinski definition) is 6. The van der Waals surface area contributed by atoms with Crippen molar-refractivity contribution in [2.75, 3.05) is 0 Å². The van der Waals surface area contributed by atoms with Crippen molar-refractivity contribution in [2.24, 2.45) is 11.5 Å². The lowest BCUT2D eigenvalue weighted by atomic mass is 9.92. The molecule has 0 amide bonds. The molecule has 31 heavy (non-hydrogen) atoms. The van der Waals surface area contributed by atoms with Crippen LogP contribution < -0.4 is 11.5 Å². The van der Waals surface area contributed by atoms with Gasteiger partial charge in [0.2, 0.25) is 0 Å². The Morgan fingerprint density at radius 2 is 0.710 bits per heavy atom. The second-order valence-corrected chi connectivity index (χ2v) is 13.2. The molecule has 0 aromatic carbocycles. The number of nitrogens with two attached hydrogens (primary N) is 2. The lowest BCUT2D eigenvalue weighted by molar-refractivity contribution is -0.0474. The molecule has 4 aliphatic carbocycles. The van der Waals surface area contributed by atoms with E-state index >= 15 is 0 Å². The van der Waals surface area contributed by atoms with Crippen LogP contribution in [0.15, 0.2) is 0 Å². The van der Waals surface area contributed by atoms with Crippen molar-refractivity contribution >= 4 is 9.84 Å². The fraction of sp³-hybridized carbons (Fsp3) is 1.00. The molecule has 0 unspecified atom stereocenters. The van der Waals surface area contributed by atoms with Gasteiger partial charge in [0.05, 0.1) is 34.9 Å². The molecule has 6 nitrogen and oxygen atoms in total. The lowest BCUT2D eigenvalue weighted by Gasteiger charge is -2.37. The summed E-state index contributed by atoms with van der Waals surface area (Å²) in [6, 6.07) is 0.671. The summed E-state index contributed by atoms with van der Waals surface area (Å²) in [4.78, 5) is 0. The largest absolute Gasteiger partial charge is 0.375 e. The zero-order valence-electron chi connectivity index (χ0n) is 19.1. The van der Waals surface area contributed by atoms with E-state index < -0.39 is 9.84 Å². The second kappa shape index (κ2) is 10.8. The maximum atomic E-state index is 13.3. The van der Waals surface area contributed by atoms with Gasteiger partial charge in [-0.1, -0.05) is 0 Å².